The van der Waals surface area contributed by atoms with Gasteiger partial charge in [0.2, 0.25) is 0 Å². The molecule has 2 rings (SSSR count). The highest BCUT2D eigenvalue weighted by Gasteiger charge is 2.43. The first-order valence-corrected chi connectivity index (χ1v) is 3.22. The molecule has 0 saturated heterocycles. The zero-order valence-corrected chi connectivity index (χ0v) is 5.49. The van der Waals surface area contributed by atoms with Crippen LogP contribution in [0.2, 0.25) is 0 Å². The molecule has 1 aliphatic rings. The van der Waals surface area contributed by atoms with E-state index in [0.717, 1.165) is 12.8 Å². The Labute approximate surface area is 59.0 Å². The minimum atomic E-state index is -0.115. The Balaban J connectivity index is 2.38. The molecular formula is C7H7N3. The van der Waals surface area contributed by atoms with E-state index in [1.807, 2.05) is 6.20 Å². The SMILES string of the molecule is C#CC1(n2ccnn2)CC1. The van der Waals surface area contributed by atoms with Crippen molar-refractivity contribution in [1.82, 2.24) is 15.0 Å². The van der Waals surface area contributed by atoms with Crippen molar-refractivity contribution in [3.8, 4) is 12.3 Å². The van der Waals surface area contributed by atoms with Crippen LogP contribution in [0, 0.1) is 12.3 Å². The van der Waals surface area contributed by atoms with Crippen molar-refractivity contribution in [2.75, 3.05) is 0 Å². The third-order valence-corrected chi connectivity index (χ3v) is 1.85. The summed E-state index contributed by atoms with van der Waals surface area (Å²) in [5, 5.41) is 7.54. The molecule has 10 heavy (non-hydrogen) atoms. The van der Waals surface area contributed by atoms with Gasteiger partial charge in [-0.3, -0.25) is 0 Å². The van der Waals surface area contributed by atoms with Gasteiger partial charge in [-0.05, 0) is 12.8 Å². The molecule has 1 aliphatic carbocycles. The van der Waals surface area contributed by atoms with Crippen LogP contribution in [0.5, 0.6) is 0 Å². The van der Waals surface area contributed by atoms with Gasteiger partial charge in [0.15, 0.2) is 0 Å². The number of terminal acetylenes is 1. The molecule has 0 aromatic carbocycles. The Morgan fingerprint density at radius 2 is 2.40 bits per heavy atom. The summed E-state index contributed by atoms with van der Waals surface area (Å²) in [6.07, 6.45) is 10.9. The molecule has 0 amide bonds. The number of hydrogen-bond donors (Lipinski definition) is 0. The van der Waals surface area contributed by atoms with Crippen molar-refractivity contribution < 1.29 is 0 Å². The average Bonchev–Trinajstić information content (AvgIpc) is 2.58. The molecule has 0 N–H and O–H groups in total. The van der Waals surface area contributed by atoms with E-state index in [0.29, 0.717) is 0 Å². The number of hydrogen-bond acceptors (Lipinski definition) is 2. The Kier molecular flexibility index (Phi) is 0.877. The van der Waals surface area contributed by atoms with Crippen molar-refractivity contribution in [3.63, 3.8) is 0 Å². The minimum Gasteiger partial charge on any atom is -0.234 e. The van der Waals surface area contributed by atoms with Gasteiger partial charge >= 0.3 is 0 Å². The zero-order chi connectivity index (χ0) is 7.03. The van der Waals surface area contributed by atoms with Gasteiger partial charge in [-0.15, -0.1) is 11.5 Å². The summed E-state index contributed by atoms with van der Waals surface area (Å²) in [6, 6.07) is 0. The lowest BCUT2D eigenvalue weighted by atomic mass is 10.3. The molecule has 0 spiro atoms. The van der Waals surface area contributed by atoms with E-state index < -0.39 is 0 Å². The summed E-state index contributed by atoms with van der Waals surface area (Å²) >= 11 is 0. The Hall–Kier alpha value is -1.30. The maximum Gasteiger partial charge on any atom is 0.124 e. The second-order valence-corrected chi connectivity index (χ2v) is 2.52. The molecule has 0 aliphatic heterocycles. The fraction of sp³-hybridized carbons (Fsp3) is 0.429. The lowest BCUT2D eigenvalue weighted by molar-refractivity contribution is 0.522. The molecule has 1 aromatic rings. The molecule has 50 valence electrons. The fourth-order valence-electron chi connectivity index (χ4n) is 0.994. The van der Waals surface area contributed by atoms with Crippen LogP contribution in [0.25, 0.3) is 0 Å². The molecule has 0 radical (unpaired) electrons. The molecule has 1 fully saturated rings. The summed E-state index contributed by atoms with van der Waals surface area (Å²) in [6.45, 7) is 0. The maximum atomic E-state index is 5.32. The van der Waals surface area contributed by atoms with E-state index in [4.69, 9.17) is 6.42 Å². The third kappa shape index (κ3) is 0.561. The van der Waals surface area contributed by atoms with Crippen molar-refractivity contribution in [1.29, 1.82) is 0 Å². The molecule has 3 nitrogen and oxygen atoms in total. The van der Waals surface area contributed by atoms with Crippen LogP contribution in [0.1, 0.15) is 12.8 Å². The molecule has 0 unspecified atom stereocenters. The summed E-state index contributed by atoms with van der Waals surface area (Å²) in [4.78, 5) is 0. The van der Waals surface area contributed by atoms with Crippen LogP contribution in [0.4, 0.5) is 0 Å². The van der Waals surface area contributed by atoms with Crippen LogP contribution in [0.15, 0.2) is 12.4 Å². The summed E-state index contributed by atoms with van der Waals surface area (Å²) in [5.41, 5.74) is -0.115. The van der Waals surface area contributed by atoms with Gasteiger partial charge in [0.05, 0.1) is 6.20 Å². The van der Waals surface area contributed by atoms with Crippen LogP contribution in [0.3, 0.4) is 0 Å². The second-order valence-electron chi connectivity index (χ2n) is 2.52. The van der Waals surface area contributed by atoms with Gasteiger partial charge in [-0.2, -0.15) is 0 Å². The first-order chi connectivity index (χ1) is 4.87. The molecule has 1 aromatic heterocycles. The Bertz CT molecular complexity index is 264. The molecule has 0 atom stereocenters. The van der Waals surface area contributed by atoms with Crippen molar-refractivity contribution in [3.05, 3.63) is 12.4 Å². The Morgan fingerprint density at radius 1 is 1.60 bits per heavy atom. The van der Waals surface area contributed by atoms with E-state index in [1.54, 1.807) is 10.9 Å². The largest absolute Gasteiger partial charge is 0.234 e. The lowest BCUT2D eigenvalue weighted by Crippen LogP contribution is -2.14. The highest BCUT2D eigenvalue weighted by molar-refractivity contribution is 5.19. The highest BCUT2D eigenvalue weighted by atomic mass is 15.5. The van der Waals surface area contributed by atoms with Gasteiger partial charge < -0.3 is 0 Å². The van der Waals surface area contributed by atoms with Crippen molar-refractivity contribution in [2.45, 2.75) is 18.4 Å². The van der Waals surface area contributed by atoms with Crippen LogP contribution in [-0.4, -0.2) is 15.0 Å². The summed E-state index contributed by atoms with van der Waals surface area (Å²) in [5.74, 6) is 2.72. The molecule has 0 bridgehead atoms. The second kappa shape index (κ2) is 1.60. The number of rotatable bonds is 1. The number of nitrogens with zero attached hydrogens (tertiary/aromatic N) is 3. The topological polar surface area (TPSA) is 30.7 Å². The maximum absolute atomic E-state index is 5.32. The van der Waals surface area contributed by atoms with E-state index in [1.165, 1.54) is 0 Å². The van der Waals surface area contributed by atoms with Crippen molar-refractivity contribution >= 4 is 0 Å². The van der Waals surface area contributed by atoms with Gasteiger partial charge in [0.25, 0.3) is 0 Å². The first kappa shape index (κ1) is 5.48. The van der Waals surface area contributed by atoms with E-state index >= 15 is 0 Å². The standard InChI is InChI=1S/C7H7N3/c1-2-7(3-4-7)10-6-5-8-9-10/h1,5-6H,3-4H2. The van der Waals surface area contributed by atoms with E-state index in [9.17, 15) is 0 Å². The van der Waals surface area contributed by atoms with Gasteiger partial charge in [0.1, 0.15) is 5.54 Å². The normalized spacial score (nSPS) is 19.9. The lowest BCUT2D eigenvalue weighted by Gasteiger charge is -2.04. The zero-order valence-electron chi connectivity index (χ0n) is 5.49. The molecule has 1 heterocycles. The third-order valence-electron chi connectivity index (χ3n) is 1.85. The van der Waals surface area contributed by atoms with Gasteiger partial charge in [0, 0.05) is 6.20 Å². The fourth-order valence-corrected chi connectivity index (χ4v) is 0.994. The molecular weight excluding hydrogens is 126 g/mol. The van der Waals surface area contributed by atoms with Gasteiger partial charge in [-0.25, -0.2) is 4.68 Å². The van der Waals surface area contributed by atoms with Gasteiger partial charge in [-0.1, -0.05) is 11.1 Å². The predicted octanol–water partition coefficient (Wildman–Crippen LogP) is 0.400. The first-order valence-electron chi connectivity index (χ1n) is 3.22. The van der Waals surface area contributed by atoms with Crippen molar-refractivity contribution in [2.24, 2.45) is 0 Å². The number of aromatic nitrogens is 3. The summed E-state index contributed by atoms with van der Waals surface area (Å²) in [7, 11) is 0. The summed E-state index contributed by atoms with van der Waals surface area (Å²) < 4.78 is 1.76. The van der Waals surface area contributed by atoms with Crippen LogP contribution >= 0.6 is 0 Å². The van der Waals surface area contributed by atoms with Crippen LogP contribution in [-0.2, 0) is 5.54 Å². The quantitative estimate of drug-likeness (QED) is 0.519. The van der Waals surface area contributed by atoms with Crippen LogP contribution < -0.4 is 0 Å². The predicted molar refractivity (Wildman–Crippen MR) is 36.1 cm³/mol. The van der Waals surface area contributed by atoms with E-state index in [-0.39, 0.29) is 5.54 Å². The van der Waals surface area contributed by atoms with E-state index in [2.05, 4.69) is 16.2 Å². The smallest absolute Gasteiger partial charge is 0.124 e. The highest BCUT2D eigenvalue weighted by Crippen LogP contribution is 2.41. The average molecular weight is 133 g/mol. The monoisotopic (exact) mass is 133 g/mol. The molecule has 1 saturated carbocycles. The Morgan fingerprint density at radius 3 is 2.80 bits per heavy atom. The minimum absolute atomic E-state index is 0.115. The molecule has 3 heteroatoms.